The van der Waals surface area contributed by atoms with Crippen LogP contribution in [0, 0.1) is 11.6 Å². The lowest BCUT2D eigenvalue weighted by molar-refractivity contribution is 0.0917. The first-order valence-electron chi connectivity index (χ1n) is 6.30. The molecule has 0 aromatic heterocycles. The van der Waals surface area contributed by atoms with Crippen LogP contribution in [0.25, 0.3) is 0 Å². The predicted octanol–water partition coefficient (Wildman–Crippen LogP) is 3.79. The Hall–Kier alpha value is -2.23. The topological polar surface area (TPSA) is 26.3 Å². The lowest BCUT2D eigenvalue weighted by atomic mass is 10.1. The number of benzene rings is 2. The van der Waals surface area contributed by atoms with Gasteiger partial charge >= 0.3 is 0 Å². The molecule has 20 heavy (non-hydrogen) atoms. The molecule has 0 aliphatic carbocycles. The van der Waals surface area contributed by atoms with Gasteiger partial charge in [-0.3, -0.25) is 4.79 Å². The van der Waals surface area contributed by atoms with Crippen molar-refractivity contribution in [3.05, 3.63) is 65.2 Å². The Morgan fingerprint density at radius 2 is 1.80 bits per heavy atom. The van der Waals surface area contributed by atoms with Crippen LogP contribution in [0.5, 0.6) is 5.75 Å². The molecule has 0 atom stereocenters. The highest BCUT2D eigenvalue weighted by Gasteiger charge is 2.13. The molecule has 0 amide bonds. The Kier molecular flexibility index (Phi) is 4.45. The number of hydrogen-bond acceptors (Lipinski definition) is 2. The molecule has 0 fully saturated rings. The molecule has 0 saturated heterocycles. The van der Waals surface area contributed by atoms with Gasteiger partial charge < -0.3 is 4.74 Å². The highest BCUT2D eigenvalue weighted by molar-refractivity contribution is 5.97. The SMILES string of the molecule is CCc1ccc(OCC(=O)c2cc(F)ccc2F)cc1. The van der Waals surface area contributed by atoms with Crippen molar-refractivity contribution in [2.75, 3.05) is 6.61 Å². The molecule has 0 radical (unpaired) electrons. The van der Waals surface area contributed by atoms with Gasteiger partial charge in [-0.25, -0.2) is 8.78 Å². The van der Waals surface area contributed by atoms with Crippen LogP contribution in [0.3, 0.4) is 0 Å². The Morgan fingerprint density at radius 3 is 2.45 bits per heavy atom. The van der Waals surface area contributed by atoms with E-state index in [2.05, 4.69) is 0 Å². The van der Waals surface area contributed by atoms with E-state index in [0.717, 1.165) is 30.2 Å². The van der Waals surface area contributed by atoms with Crippen molar-refractivity contribution in [1.82, 2.24) is 0 Å². The summed E-state index contributed by atoms with van der Waals surface area (Å²) in [7, 11) is 0. The molecule has 2 nitrogen and oxygen atoms in total. The molecule has 2 aromatic carbocycles. The van der Waals surface area contributed by atoms with Gasteiger partial charge in [0.25, 0.3) is 0 Å². The third-order valence-corrected chi connectivity index (χ3v) is 2.93. The predicted molar refractivity (Wildman–Crippen MR) is 72.0 cm³/mol. The zero-order chi connectivity index (χ0) is 14.5. The van der Waals surface area contributed by atoms with E-state index in [1.54, 1.807) is 12.1 Å². The standard InChI is InChI=1S/C16H14F2O2/c1-2-11-3-6-13(7-4-11)20-10-16(19)14-9-12(17)5-8-15(14)18/h3-9H,2,10H2,1H3. The van der Waals surface area contributed by atoms with Crippen LogP contribution in [-0.2, 0) is 6.42 Å². The third-order valence-electron chi connectivity index (χ3n) is 2.93. The minimum Gasteiger partial charge on any atom is -0.485 e. The zero-order valence-electron chi connectivity index (χ0n) is 11.0. The lowest BCUT2D eigenvalue weighted by Crippen LogP contribution is -2.13. The van der Waals surface area contributed by atoms with Gasteiger partial charge in [-0.05, 0) is 42.3 Å². The Morgan fingerprint density at radius 1 is 1.10 bits per heavy atom. The van der Waals surface area contributed by atoms with Crippen LogP contribution < -0.4 is 4.74 Å². The summed E-state index contributed by atoms with van der Waals surface area (Å²) in [4.78, 5) is 11.8. The number of ether oxygens (including phenoxy) is 1. The number of carbonyl (C=O) groups is 1. The van der Waals surface area contributed by atoms with Crippen molar-refractivity contribution >= 4 is 5.78 Å². The van der Waals surface area contributed by atoms with Crippen LogP contribution in [-0.4, -0.2) is 12.4 Å². The number of ketones is 1. The molecule has 0 saturated carbocycles. The molecule has 0 unspecified atom stereocenters. The van der Waals surface area contributed by atoms with E-state index in [9.17, 15) is 13.6 Å². The molecule has 0 aliphatic heterocycles. The molecule has 0 N–H and O–H groups in total. The second-order valence-corrected chi connectivity index (χ2v) is 4.33. The maximum absolute atomic E-state index is 13.4. The number of Topliss-reactive ketones (excluding diaryl/α,β-unsaturated/α-hetero) is 1. The summed E-state index contributed by atoms with van der Waals surface area (Å²) in [5, 5.41) is 0. The van der Waals surface area contributed by atoms with E-state index in [0.29, 0.717) is 5.75 Å². The smallest absolute Gasteiger partial charge is 0.203 e. The van der Waals surface area contributed by atoms with Crippen LogP contribution in [0.2, 0.25) is 0 Å². The van der Waals surface area contributed by atoms with Crippen LogP contribution in [0.1, 0.15) is 22.8 Å². The number of hydrogen-bond donors (Lipinski definition) is 0. The van der Waals surface area contributed by atoms with Gasteiger partial charge in [0, 0.05) is 0 Å². The lowest BCUT2D eigenvalue weighted by Gasteiger charge is -2.07. The molecule has 0 bridgehead atoms. The van der Waals surface area contributed by atoms with E-state index < -0.39 is 17.4 Å². The Balaban J connectivity index is 2.02. The van der Waals surface area contributed by atoms with Crippen molar-refractivity contribution in [3.63, 3.8) is 0 Å². The van der Waals surface area contributed by atoms with Gasteiger partial charge in [0.2, 0.25) is 5.78 Å². The van der Waals surface area contributed by atoms with Gasteiger partial charge in [0.1, 0.15) is 17.4 Å². The maximum Gasteiger partial charge on any atom is 0.203 e. The van der Waals surface area contributed by atoms with E-state index in [1.807, 2.05) is 19.1 Å². The molecular weight excluding hydrogens is 262 g/mol. The highest BCUT2D eigenvalue weighted by Crippen LogP contribution is 2.14. The van der Waals surface area contributed by atoms with Crippen molar-refractivity contribution in [1.29, 1.82) is 0 Å². The summed E-state index contributed by atoms with van der Waals surface area (Å²) in [5.41, 5.74) is 0.857. The van der Waals surface area contributed by atoms with Gasteiger partial charge in [0.15, 0.2) is 6.61 Å². The van der Waals surface area contributed by atoms with Gasteiger partial charge in [-0.2, -0.15) is 0 Å². The first-order valence-corrected chi connectivity index (χ1v) is 6.30. The molecule has 104 valence electrons. The normalized spacial score (nSPS) is 10.3. The largest absolute Gasteiger partial charge is 0.485 e. The fourth-order valence-electron chi connectivity index (χ4n) is 1.76. The Labute approximate surface area is 116 Å². The summed E-state index contributed by atoms with van der Waals surface area (Å²) in [5.74, 6) is -1.47. The summed E-state index contributed by atoms with van der Waals surface area (Å²) in [6.07, 6.45) is 0.910. The van der Waals surface area contributed by atoms with Crippen LogP contribution >= 0.6 is 0 Å². The van der Waals surface area contributed by atoms with E-state index >= 15 is 0 Å². The van der Waals surface area contributed by atoms with Crippen molar-refractivity contribution in [3.8, 4) is 5.75 Å². The quantitative estimate of drug-likeness (QED) is 0.777. The van der Waals surface area contributed by atoms with E-state index in [4.69, 9.17) is 4.74 Å². The second kappa shape index (κ2) is 6.28. The summed E-state index contributed by atoms with van der Waals surface area (Å²) in [6.45, 7) is 1.71. The van der Waals surface area contributed by atoms with Crippen LogP contribution in [0.4, 0.5) is 8.78 Å². The average Bonchev–Trinajstić information content (AvgIpc) is 2.47. The van der Waals surface area contributed by atoms with E-state index in [-0.39, 0.29) is 12.2 Å². The highest BCUT2D eigenvalue weighted by atomic mass is 19.1. The number of aryl methyl sites for hydroxylation is 1. The first kappa shape index (κ1) is 14.2. The minimum absolute atomic E-state index is 0.296. The molecular formula is C16H14F2O2. The molecule has 0 spiro atoms. The molecule has 4 heteroatoms. The molecule has 0 heterocycles. The zero-order valence-corrected chi connectivity index (χ0v) is 11.0. The first-order chi connectivity index (χ1) is 9.60. The maximum atomic E-state index is 13.4. The summed E-state index contributed by atoms with van der Waals surface area (Å²) >= 11 is 0. The molecule has 0 aliphatic rings. The van der Waals surface area contributed by atoms with Crippen molar-refractivity contribution in [2.24, 2.45) is 0 Å². The minimum atomic E-state index is -0.749. The summed E-state index contributed by atoms with van der Waals surface area (Å²) < 4.78 is 31.7. The summed E-state index contributed by atoms with van der Waals surface area (Å²) in [6, 6.07) is 10.0. The average molecular weight is 276 g/mol. The van der Waals surface area contributed by atoms with Gasteiger partial charge in [0.05, 0.1) is 5.56 Å². The second-order valence-electron chi connectivity index (χ2n) is 4.33. The van der Waals surface area contributed by atoms with E-state index in [1.165, 1.54) is 0 Å². The molecule has 2 rings (SSSR count). The number of carbonyl (C=O) groups excluding carboxylic acids is 1. The monoisotopic (exact) mass is 276 g/mol. The fraction of sp³-hybridized carbons (Fsp3) is 0.188. The van der Waals surface area contributed by atoms with Crippen molar-refractivity contribution < 1.29 is 18.3 Å². The molecule has 2 aromatic rings. The van der Waals surface area contributed by atoms with Gasteiger partial charge in [-0.1, -0.05) is 19.1 Å². The number of halogens is 2. The fourth-order valence-corrected chi connectivity index (χ4v) is 1.76. The Bertz CT molecular complexity index is 606. The van der Waals surface area contributed by atoms with Crippen molar-refractivity contribution in [2.45, 2.75) is 13.3 Å². The third kappa shape index (κ3) is 3.41. The van der Waals surface area contributed by atoms with Gasteiger partial charge in [-0.15, -0.1) is 0 Å². The number of rotatable bonds is 5. The van der Waals surface area contributed by atoms with Crippen LogP contribution in [0.15, 0.2) is 42.5 Å².